The Morgan fingerprint density at radius 1 is 1.29 bits per heavy atom. The number of rotatable bonds is 5. The highest BCUT2D eigenvalue weighted by atomic mass is 35.5. The van der Waals surface area contributed by atoms with E-state index in [4.69, 9.17) is 0 Å². The molecule has 0 radical (unpaired) electrons. The van der Waals surface area contributed by atoms with Gasteiger partial charge < -0.3 is 14.8 Å². The molecule has 1 aliphatic rings. The average Bonchev–Trinajstić information content (AvgIpc) is 2.82. The number of carbonyl (C=O) groups excluding carboxylic acids is 1. The van der Waals surface area contributed by atoms with Crippen molar-refractivity contribution in [3.63, 3.8) is 0 Å². The van der Waals surface area contributed by atoms with Gasteiger partial charge in [0.15, 0.2) is 0 Å². The molecule has 1 fully saturated rings. The van der Waals surface area contributed by atoms with Gasteiger partial charge in [0.25, 0.3) is 5.91 Å². The molecule has 0 aromatic carbocycles. The molecule has 28 heavy (non-hydrogen) atoms. The van der Waals surface area contributed by atoms with Crippen molar-refractivity contribution in [2.75, 3.05) is 13.1 Å². The Labute approximate surface area is 174 Å². The van der Waals surface area contributed by atoms with Crippen LogP contribution in [0.1, 0.15) is 66.6 Å². The number of pyridine rings is 1. The van der Waals surface area contributed by atoms with E-state index in [1.807, 2.05) is 18.2 Å². The molecular weight excluding hydrogens is 372 g/mol. The predicted octanol–water partition coefficient (Wildman–Crippen LogP) is 4.29. The monoisotopic (exact) mass is 404 g/mol. The molecule has 1 saturated heterocycles. The Hall–Kier alpha value is -1.85. The maximum absolute atomic E-state index is 13.6. The Bertz CT molecular complexity index is 764. The topological polar surface area (TPSA) is 50.2 Å². The molecule has 1 atom stereocenters. The highest BCUT2D eigenvalue weighted by Crippen LogP contribution is 2.25. The molecule has 2 aromatic heterocycles. The lowest BCUT2D eigenvalue weighted by molar-refractivity contribution is 0.0641. The van der Waals surface area contributed by atoms with Gasteiger partial charge in [0.2, 0.25) is 0 Å². The molecule has 0 aliphatic carbocycles. The summed E-state index contributed by atoms with van der Waals surface area (Å²) in [5.74, 6) is 0.132. The first-order chi connectivity index (χ1) is 13.0. The summed E-state index contributed by atoms with van der Waals surface area (Å²) >= 11 is 0. The molecule has 1 unspecified atom stereocenters. The molecule has 0 spiro atoms. The van der Waals surface area contributed by atoms with Crippen LogP contribution in [0.4, 0.5) is 0 Å². The molecule has 0 bridgehead atoms. The van der Waals surface area contributed by atoms with Crippen LogP contribution >= 0.6 is 12.4 Å². The number of nitrogens with zero attached hydrogens (tertiary/aromatic N) is 3. The maximum Gasteiger partial charge on any atom is 0.256 e. The van der Waals surface area contributed by atoms with E-state index in [0.717, 1.165) is 55.0 Å². The summed E-state index contributed by atoms with van der Waals surface area (Å²) in [5, 5.41) is 3.46. The van der Waals surface area contributed by atoms with E-state index in [1.54, 1.807) is 6.20 Å². The molecule has 3 heterocycles. The van der Waals surface area contributed by atoms with Crippen molar-refractivity contribution in [1.29, 1.82) is 0 Å². The van der Waals surface area contributed by atoms with Gasteiger partial charge in [-0.2, -0.15) is 0 Å². The molecular formula is C22H33ClN4O. The molecule has 3 rings (SSSR count). The van der Waals surface area contributed by atoms with Gasteiger partial charge >= 0.3 is 0 Å². The lowest BCUT2D eigenvalue weighted by Crippen LogP contribution is -2.40. The van der Waals surface area contributed by atoms with E-state index in [1.165, 1.54) is 0 Å². The molecule has 154 valence electrons. The zero-order valence-electron chi connectivity index (χ0n) is 17.4. The molecule has 1 N–H and O–H groups in total. The summed E-state index contributed by atoms with van der Waals surface area (Å²) in [5.41, 5.74) is 3.98. The van der Waals surface area contributed by atoms with Crippen LogP contribution < -0.4 is 5.32 Å². The lowest BCUT2D eigenvalue weighted by atomic mass is 10.0. The number of nitrogens with one attached hydrogen (secondary N) is 1. The second-order valence-electron chi connectivity index (χ2n) is 7.84. The van der Waals surface area contributed by atoms with Gasteiger partial charge in [-0.05, 0) is 78.2 Å². The molecule has 6 heteroatoms. The minimum atomic E-state index is 0. The smallest absolute Gasteiger partial charge is 0.256 e. The second kappa shape index (κ2) is 10.1. The first kappa shape index (κ1) is 22.4. The van der Waals surface area contributed by atoms with E-state index in [2.05, 4.69) is 53.5 Å². The highest BCUT2D eigenvalue weighted by Gasteiger charge is 2.28. The van der Waals surface area contributed by atoms with Crippen LogP contribution in [0.3, 0.4) is 0 Å². The summed E-state index contributed by atoms with van der Waals surface area (Å²) in [6, 6.07) is 8.56. The largest absolute Gasteiger partial charge is 0.346 e. The first-order valence-electron chi connectivity index (χ1n) is 10.1. The number of amides is 1. The van der Waals surface area contributed by atoms with Crippen molar-refractivity contribution < 1.29 is 4.79 Å². The molecule has 1 amide bonds. The Balaban J connectivity index is 0.00000280. The molecule has 5 nitrogen and oxygen atoms in total. The Morgan fingerprint density at radius 3 is 2.71 bits per heavy atom. The summed E-state index contributed by atoms with van der Waals surface area (Å²) < 4.78 is 2.25. The zero-order valence-corrected chi connectivity index (χ0v) is 18.3. The maximum atomic E-state index is 13.6. The summed E-state index contributed by atoms with van der Waals surface area (Å²) in [6.07, 6.45) is 4.93. The van der Waals surface area contributed by atoms with Gasteiger partial charge in [-0.3, -0.25) is 9.78 Å². The van der Waals surface area contributed by atoms with Gasteiger partial charge in [0.1, 0.15) is 0 Å². The van der Waals surface area contributed by atoms with Gasteiger partial charge in [0, 0.05) is 29.7 Å². The summed E-state index contributed by atoms with van der Waals surface area (Å²) in [4.78, 5) is 20.2. The lowest BCUT2D eigenvalue weighted by Gasteiger charge is -2.31. The van der Waals surface area contributed by atoms with Crippen molar-refractivity contribution in [1.82, 2.24) is 19.8 Å². The number of hydrogen-bond acceptors (Lipinski definition) is 3. The van der Waals surface area contributed by atoms with Crippen LogP contribution in [0, 0.1) is 13.8 Å². The fourth-order valence-electron chi connectivity index (χ4n) is 4.29. The summed E-state index contributed by atoms with van der Waals surface area (Å²) in [6.45, 7) is 11.0. The zero-order chi connectivity index (χ0) is 19.4. The third-order valence-electron chi connectivity index (χ3n) is 5.54. The number of hydrogen-bond donors (Lipinski definition) is 1. The highest BCUT2D eigenvalue weighted by molar-refractivity contribution is 5.96. The SMILES string of the molecule is Cc1cc(C(=O)N(Cc2ccccn2)C2CCCNCC2)c(C)n1C(C)C.Cl. The Kier molecular flexibility index (Phi) is 8.08. The number of halogens is 1. The number of aromatic nitrogens is 2. The minimum absolute atomic E-state index is 0. The second-order valence-corrected chi connectivity index (χ2v) is 7.84. The Morgan fingerprint density at radius 2 is 2.07 bits per heavy atom. The third kappa shape index (κ3) is 4.95. The van der Waals surface area contributed by atoms with Crippen LogP contribution in [0.25, 0.3) is 0 Å². The molecule has 2 aromatic rings. The van der Waals surface area contributed by atoms with Gasteiger partial charge in [-0.15, -0.1) is 12.4 Å². The van der Waals surface area contributed by atoms with E-state index in [9.17, 15) is 4.79 Å². The van der Waals surface area contributed by atoms with Crippen LogP contribution in [0.15, 0.2) is 30.5 Å². The first-order valence-corrected chi connectivity index (χ1v) is 10.1. The van der Waals surface area contributed by atoms with Gasteiger partial charge in [-0.1, -0.05) is 6.07 Å². The quantitative estimate of drug-likeness (QED) is 0.808. The van der Waals surface area contributed by atoms with Crippen molar-refractivity contribution in [2.45, 2.75) is 65.6 Å². The van der Waals surface area contributed by atoms with Crippen LogP contribution in [0.2, 0.25) is 0 Å². The number of aryl methyl sites for hydroxylation is 1. The average molecular weight is 405 g/mol. The molecule has 1 aliphatic heterocycles. The van der Waals surface area contributed by atoms with E-state index < -0.39 is 0 Å². The predicted molar refractivity (Wildman–Crippen MR) is 116 cm³/mol. The molecule has 0 saturated carbocycles. The van der Waals surface area contributed by atoms with Crippen LogP contribution in [0.5, 0.6) is 0 Å². The normalized spacial score (nSPS) is 17.1. The number of carbonyl (C=O) groups is 1. The van der Waals surface area contributed by atoms with Crippen molar-refractivity contribution in [3.8, 4) is 0 Å². The minimum Gasteiger partial charge on any atom is -0.346 e. The van der Waals surface area contributed by atoms with Crippen molar-refractivity contribution >= 4 is 18.3 Å². The van der Waals surface area contributed by atoms with Crippen molar-refractivity contribution in [3.05, 3.63) is 53.1 Å². The fraction of sp³-hybridized carbons (Fsp3) is 0.545. The third-order valence-corrected chi connectivity index (χ3v) is 5.54. The standard InChI is InChI=1S/C22H32N4O.ClH/c1-16(2)26-17(3)14-21(18(26)4)22(27)25(15-19-8-5-6-12-24-19)20-9-7-11-23-13-10-20;/h5-6,8,12,14,16,20,23H,7,9-11,13,15H2,1-4H3;1H. The van der Waals surface area contributed by atoms with E-state index in [0.29, 0.717) is 12.6 Å². The van der Waals surface area contributed by atoms with Crippen molar-refractivity contribution in [2.24, 2.45) is 0 Å². The summed E-state index contributed by atoms with van der Waals surface area (Å²) in [7, 11) is 0. The van der Waals surface area contributed by atoms with E-state index >= 15 is 0 Å². The fourth-order valence-corrected chi connectivity index (χ4v) is 4.29. The van der Waals surface area contributed by atoms with Gasteiger partial charge in [-0.25, -0.2) is 0 Å². The van der Waals surface area contributed by atoms with E-state index in [-0.39, 0.29) is 24.4 Å². The van der Waals surface area contributed by atoms with Crippen LogP contribution in [-0.4, -0.2) is 39.5 Å². The van der Waals surface area contributed by atoms with Crippen LogP contribution in [-0.2, 0) is 6.54 Å². The van der Waals surface area contributed by atoms with Gasteiger partial charge in [0.05, 0.1) is 17.8 Å².